The van der Waals surface area contributed by atoms with E-state index in [0.29, 0.717) is 13.1 Å². The topological polar surface area (TPSA) is 76.3 Å². The Balaban J connectivity index is 2.30. The van der Waals surface area contributed by atoms with Crippen molar-refractivity contribution in [3.05, 3.63) is 18.3 Å². The van der Waals surface area contributed by atoms with Gasteiger partial charge < -0.3 is 5.73 Å². The Morgan fingerprint density at radius 3 is 2.69 bits per heavy atom. The van der Waals surface area contributed by atoms with Gasteiger partial charge in [-0.25, -0.2) is 13.4 Å². The van der Waals surface area contributed by atoms with E-state index in [0.717, 1.165) is 11.5 Å². The van der Waals surface area contributed by atoms with Crippen molar-refractivity contribution in [1.82, 2.24) is 9.29 Å². The van der Waals surface area contributed by atoms with Crippen LogP contribution in [0.15, 0.2) is 23.2 Å². The van der Waals surface area contributed by atoms with Crippen LogP contribution in [0.5, 0.6) is 0 Å². The molecule has 1 fully saturated rings. The molecule has 16 heavy (non-hydrogen) atoms. The first kappa shape index (κ1) is 11.7. The molecule has 2 rings (SSSR count). The zero-order chi connectivity index (χ0) is 11.6. The third kappa shape index (κ3) is 2.31. The predicted octanol–water partition coefficient (Wildman–Crippen LogP) is 0.401. The summed E-state index contributed by atoms with van der Waals surface area (Å²) in [4.78, 5) is 4.02. The average molecular weight is 259 g/mol. The molecule has 0 saturated carbocycles. The van der Waals surface area contributed by atoms with E-state index in [9.17, 15) is 8.42 Å². The summed E-state index contributed by atoms with van der Waals surface area (Å²) in [6.07, 6.45) is 1.42. The van der Waals surface area contributed by atoms with E-state index in [-0.39, 0.29) is 10.7 Å². The van der Waals surface area contributed by atoms with Gasteiger partial charge in [-0.2, -0.15) is 16.1 Å². The minimum Gasteiger partial charge on any atom is -0.384 e. The number of thioether (sulfide) groups is 1. The predicted molar refractivity (Wildman–Crippen MR) is 64.7 cm³/mol. The molecular weight excluding hydrogens is 246 g/mol. The summed E-state index contributed by atoms with van der Waals surface area (Å²) in [7, 11) is -3.38. The zero-order valence-electron chi connectivity index (χ0n) is 8.67. The van der Waals surface area contributed by atoms with Crippen LogP contribution in [0.4, 0.5) is 5.82 Å². The Labute approximate surface area is 99.1 Å². The third-order valence-corrected chi connectivity index (χ3v) is 5.20. The molecule has 1 aliphatic rings. The van der Waals surface area contributed by atoms with Crippen LogP contribution in [0, 0.1) is 0 Å². The second-order valence-corrected chi connectivity index (χ2v) is 6.60. The number of nitrogens with two attached hydrogens (primary N) is 1. The molecule has 1 aromatic heterocycles. The number of nitrogen functional groups attached to an aromatic ring is 1. The van der Waals surface area contributed by atoms with Gasteiger partial charge in [-0.15, -0.1) is 0 Å². The van der Waals surface area contributed by atoms with Gasteiger partial charge in [0.25, 0.3) is 0 Å². The number of hydrogen-bond donors (Lipinski definition) is 1. The van der Waals surface area contributed by atoms with Gasteiger partial charge in [0, 0.05) is 36.9 Å². The number of rotatable bonds is 2. The van der Waals surface area contributed by atoms with Crippen LogP contribution in [0.25, 0.3) is 0 Å². The van der Waals surface area contributed by atoms with Crippen molar-refractivity contribution in [2.45, 2.75) is 4.90 Å². The summed E-state index contributed by atoms with van der Waals surface area (Å²) < 4.78 is 25.8. The normalized spacial score (nSPS) is 18.5. The molecule has 0 aliphatic carbocycles. The van der Waals surface area contributed by atoms with E-state index in [4.69, 9.17) is 5.73 Å². The maximum atomic E-state index is 12.2. The highest BCUT2D eigenvalue weighted by Gasteiger charge is 2.26. The van der Waals surface area contributed by atoms with Gasteiger partial charge >= 0.3 is 0 Å². The van der Waals surface area contributed by atoms with Gasteiger partial charge in [0.2, 0.25) is 10.0 Å². The molecule has 5 nitrogen and oxygen atoms in total. The molecule has 7 heteroatoms. The van der Waals surface area contributed by atoms with Gasteiger partial charge in [-0.1, -0.05) is 0 Å². The Kier molecular flexibility index (Phi) is 3.36. The van der Waals surface area contributed by atoms with Gasteiger partial charge in [0.15, 0.2) is 0 Å². The minimum absolute atomic E-state index is 0.229. The maximum Gasteiger partial charge on any atom is 0.243 e. The molecule has 0 bridgehead atoms. The molecule has 0 radical (unpaired) electrons. The molecule has 88 valence electrons. The highest BCUT2D eigenvalue weighted by Crippen LogP contribution is 2.20. The second kappa shape index (κ2) is 4.60. The molecular formula is C9H13N3O2S2. The van der Waals surface area contributed by atoms with Crippen LogP contribution in [0.3, 0.4) is 0 Å². The van der Waals surface area contributed by atoms with Crippen molar-refractivity contribution in [3.8, 4) is 0 Å². The first-order valence-electron chi connectivity index (χ1n) is 4.90. The van der Waals surface area contributed by atoms with E-state index in [2.05, 4.69) is 4.98 Å². The largest absolute Gasteiger partial charge is 0.384 e. The van der Waals surface area contributed by atoms with Gasteiger partial charge in [0.05, 0.1) is 4.90 Å². The number of sulfonamides is 1. The first-order chi connectivity index (χ1) is 7.60. The van der Waals surface area contributed by atoms with Crippen LogP contribution in [0.2, 0.25) is 0 Å². The van der Waals surface area contributed by atoms with Gasteiger partial charge in [-0.3, -0.25) is 0 Å². The fourth-order valence-corrected chi connectivity index (χ4v) is 4.12. The van der Waals surface area contributed by atoms with E-state index in [1.807, 2.05) is 0 Å². The van der Waals surface area contributed by atoms with Crippen molar-refractivity contribution in [3.63, 3.8) is 0 Å². The van der Waals surface area contributed by atoms with E-state index >= 15 is 0 Å². The highest BCUT2D eigenvalue weighted by molar-refractivity contribution is 7.99. The maximum absolute atomic E-state index is 12.2. The summed E-state index contributed by atoms with van der Waals surface area (Å²) in [5.74, 6) is 1.92. The Hall–Kier alpha value is -0.790. The number of nitrogens with zero attached hydrogens (tertiary/aromatic N) is 2. The van der Waals surface area contributed by atoms with E-state index in [1.54, 1.807) is 11.8 Å². The molecule has 0 atom stereocenters. The third-order valence-electron chi connectivity index (χ3n) is 2.36. The number of aromatic nitrogens is 1. The molecule has 2 N–H and O–H groups in total. The molecule has 0 aromatic carbocycles. The Morgan fingerprint density at radius 2 is 2.06 bits per heavy atom. The van der Waals surface area contributed by atoms with Crippen molar-refractivity contribution >= 4 is 27.6 Å². The molecule has 0 spiro atoms. The van der Waals surface area contributed by atoms with Crippen LogP contribution in [0.1, 0.15) is 0 Å². The van der Waals surface area contributed by atoms with Crippen LogP contribution in [-0.4, -0.2) is 42.3 Å². The smallest absolute Gasteiger partial charge is 0.243 e. The zero-order valence-corrected chi connectivity index (χ0v) is 10.3. The molecule has 1 aliphatic heterocycles. The second-order valence-electron chi connectivity index (χ2n) is 3.43. The Morgan fingerprint density at radius 1 is 1.38 bits per heavy atom. The lowest BCUT2D eigenvalue weighted by molar-refractivity contribution is 0.443. The highest BCUT2D eigenvalue weighted by atomic mass is 32.2. The van der Waals surface area contributed by atoms with Crippen molar-refractivity contribution in [2.75, 3.05) is 30.3 Å². The van der Waals surface area contributed by atoms with Crippen molar-refractivity contribution in [1.29, 1.82) is 0 Å². The van der Waals surface area contributed by atoms with Gasteiger partial charge in [-0.05, 0) is 6.07 Å². The molecule has 1 saturated heterocycles. The van der Waals surface area contributed by atoms with Crippen LogP contribution < -0.4 is 5.73 Å². The Bertz CT molecular complexity index is 469. The molecule has 1 aromatic rings. The van der Waals surface area contributed by atoms with E-state index < -0.39 is 10.0 Å². The lowest BCUT2D eigenvalue weighted by atomic mass is 10.5. The summed E-state index contributed by atoms with van der Waals surface area (Å²) >= 11 is 1.77. The summed E-state index contributed by atoms with van der Waals surface area (Å²) in [5.41, 5.74) is 5.49. The molecule has 2 heterocycles. The lowest BCUT2D eigenvalue weighted by Crippen LogP contribution is -2.37. The molecule has 0 amide bonds. The standard InChI is InChI=1S/C9H13N3O2S2/c10-9-7-8(1-2-11-9)16(13,14)12-3-5-15-6-4-12/h1-2,7H,3-6H2,(H2,10,11). The van der Waals surface area contributed by atoms with Crippen LogP contribution >= 0.6 is 11.8 Å². The summed E-state index contributed by atoms with van der Waals surface area (Å²) in [5, 5.41) is 0. The summed E-state index contributed by atoms with van der Waals surface area (Å²) in [6, 6.07) is 2.88. The van der Waals surface area contributed by atoms with Crippen molar-refractivity contribution < 1.29 is 8.42 Å². The fourth-order valence-electron chi connectivity index (χ4n) is 1.52. The SMILES string of the molecule is Nc1cc(S(=O)(=O)N2CCSCC2)ccn1. The number of hydrogen-bond acceptors (Lipinski definition) is 5. The number of pyridine rings is 1. The first-order valence-corrected chi connectivity index (χ1v) is 7.49. The van der Waals surface area contributed by atoms with Crippen LogP contribution in [-0.2, 0) is 10.0 Å². The lowest BCUT2D eigenvalue weighted by Gasteiger charge is -2.25. The van der Waals surface area contributed by atoms with Crippen molar-refractivity contribution in [2.24, 2.45) is 0 Å². The monoisotopic (exact) mass is 259 g/mol. The average Bonchev–Trinajstić information content (AvgIpc) is 2.30. The quantitative estimate of drug-likeness (QED) is 0.832. The van der Waals surface area contributed by atoms with Gasteiger partial charge in [0.1, 0.15) is 5.82 Å². The van der Waals surface area contributed by atoms with E-state index in [1.165, 1.54) is 22.6 Å². The molecule has 0 unspecified atom stereocenters. The number of anilines is 1. The summed E-state index contributed by atoms with van der Waals surface area (Å²) in [6.45, 7) is 1.13. The fraction of sp³-hybridized carbons (Fsp3) is 0.444. The minimum atomic E-state index is -3.38.